The Morgan fingerprint density at radius 1 is 0.529 bits per heavy atom. The van der Waals surface area contributed by atoms with Gasteiger partial charge in [0.1, 0.15) is 0 Å². The zero-order valence-electron chi connectivity index (χ0n) is 18.9. The maximum atomic E-state index is 13.2. The molecule has 34 heavy (non-hydrogen) atoms. The van der Waals surface area contributed by atoms with Gasteiger partial charge >= 0.3 is 0 Å². The topological polar surface area (TPSA) is 92.3 Å². The van der Waals surface area contributed by atoms with Crippen LogP contribution in [0.25, 0.3) is 10.8 Å². The third kappa shape index (κ3) is 4.93. The summed E-state index contributed by atoms with van der Waals surface area (Å²) in [4.78, 5) is 0.0165. The van der Waals surface area contributed by atoms with Gasteiger partial charge in [0.15, 0.2) is 0 Å². The van der Waals surface area contributed by atoms with Gasteiger partial charge in [-0.1, -0.05) is 62.4 Å². The smallest absolute Gasteiger partial charge is 0.262 e. The largest absolute Gasteiger partial charge is 0.280 e. The average Bonchev–Trinajstić information content (AvgIpc) is 2.83. The Morgan fingerprint density at radius 2 is 0.882 bits per heavy atom. The van der Waals surface area contributed by atoms with Gasteiger partial charge in [0.25, 0.3) is 20.0 Å². The molecule has 0 unspecified atom stereocenters. The van der Waals surface area contributed by atoms with Crippen molar-refractivity contribution in [3.63, 3.8) is 0 Å². The van der Waals surface area contributed by atoms with E-state index in [1.165, 1.54) is 12.1 Å². The Kier molecular flexibility index (Phi) is 6.63. The first-order valence-corrected chi connectivity index (χ1v) is 14.0. The van der Waals surface area contributed by atoms with Gasteiger partial charge in [-0.25, -0.2) is 16.8 Å². The summed E-state index contributed by atoms with van der Waals surface area (Å²) in [5, 5.41) is 0.647. The molecule has 176 valence electrons. The summed E-state index contributed by atoms with van der Waals surface area (Å²) in [7, 11) is -7.91. The predicted octanol–water partition coefficient (Wildman–Crippen LogP) is 5.57. The van der Waals surface area contributed by atoms with E-state index < -0.39 is 20.0 Å². The molecule has 0 aliphatic carbocycles. The summed E-state index contributed by atoms with van der Waals surface area (Å²) in [6.45, 7) is 4.05. The Balaban J connectivity index is 1.72. The van der Waals surface area contributed by atoms with E-state index in [0.29, 0.717) is 22.1 Å². The van der Waals surface area contributed by atoms with Crippen LogP contribution in [0.15, 0.2) is 94.7 Å². The van der Waals surface area contributed by atoms with Crippen LogP contribution >= 0.6 is 0 Å². The van der Waals surface area contributed by atoms with Crippen LogP contribution in [0.2, 0.25) is 0 Å². The standard InChI is InChI=1S/C26H26N2O4S2/c1-3-19-11-15-21(16-12-19)27-33(29,30)25-9-5-8-24-23(25)7-6-10-26(24)34(31,32)28-22-17-13-20(4-2)14-18-22/h5-18,27-28H,3-4H2,1-2H3. The lowest BCUT2D eigenvalue weighted by Gasteiger charge is -2.14. The lowest BCUT2D eigenvalue weighted by molar-refractivity contribution is 0.599. The highest BCUT2D eigenvalue weighted by molar-refractivity contribution is 7.93. The highest BCUT2D eigenvalue weighted by atomic mass is 32.2. The van der Waals surface area contributed by atoms with Gasteiger partial charge in [-0.05, 0) is 60.4 Å². The van der Waals surface area contributed by atoms with Crippen molar-refractivity contribution < 1.29 is 16.8 Å². The van der Waals surface area contributed by atoms with Crippen LogP contribution in [0.4, 0.5) is 11.4 Å². The molecular formula is C26H26N2O4S2. The van der Waals surface area contributed by atoms with Crippen LogP contribution in [0.5, 0.6) is 0 Å². The molecule has 0 radical (unpaired) electrons. The van der Waals surface area contributed by atoms with Crippen LogP contribution in [0, 0.1) is 0 Å². The minimum absolute atomic E-state index is 0.00826. The first-order valence-electron chi connectivity index (χ1n) is 11.0. The number of sulfonamides is 2. The molecule has 2 N–H and O–H groups in total. The van der Waals surface area contributed by atoms with Gasteiger partial charge in [0.05, 0.1) is 9.79 Å². The molecule has 0 bridgehead atoms. The number of hydrogen-bond donors (Lipinski definition) is 2. The third-order valence-corrected chi connectivity index (χ3v) is 8.53. The van der Waals surface area contributed by atoms with Crippen molar-refractivity contribution in [3.8, 4) is 0 Å². The maximum Gasteiger partial charge on any atom is 0.262 e. The second-order valence-corrected chi connectivity index (χ2v) is 11.2. The van der Waals surface area contributed by atoms with E-state index in [9.17, 15) is 16.8 Å². The second-order valence-electron chi connectivity index (χ2n) is 7.92. The summed E-state index contributed by atoms with van der Waals surface area (Å²) in [5.74, 6) is 0. The number of anilines is 2. The fraction of sp³-hybridized carbons (Fsp3) is 0.154. The van der Waals surface area contributed by atoms with Gasteiger partial charge in [0, 0.05) is 22.1 Å². The number of hydrogen-bond acceptors (Lipinski definition) is 4. The molecule has 0 saturated carbocycles. The van der Waals surface area contributed by atoms with E-state index in [1.807, 2.05) is 38.1 Å². The van der Waals surface area contributed by atoms with Crippen LogP contribution in [0.3, 0.4) is 0 Å². The maximum absolute atomic E-state index is 13.2. The SMILES string of the molecule is CCc1ccc(NS(=O)(=O)c2cccc3c(S(=O)(=O)Nc4ccc(CC)cc4)cccc23)cc1. The summed E-state index contributed by atoms with van der Waals surface area (Å²) in [5.41, 5.74) is 3.07. The Bertz CT molecular complexity index is 1410. The van der Waals surface area contributed by atoms with Crippen molar-refractivity contribution in [1.29, 1.82) is 0 Å². The van der Waals surface area contributed by atoms with E-state index in [-0.39, 0.29) is 9.79 Å². The van der Waals surface area contributed by atoms with E-state index >= 15 is 0 Å². The second kappa shape index (κ2) is 9.48. The number of nitrogens with one attached hydrogen (secondary N) is 2. The van der Waals surface area contributed by atoms with Crippen molar-refractivity contribution in [2.24, 2.45) is 0 Å². The molecule has 6 nitrogen and oxygen atoms in total. The Hall–Kier alpha value is -3.36. The van der Waals surface area contributed by atoms with Crippen molar-refractivity contribution >= 4 is 42.2 Å². The van der Waals surface area contributed by atoms with Crippen molar-refractivity contribution in [2.45, 2.75) is 36.5 Å². The van der Waals surface area contributed by atoms with Gasteiger partial charge in [-0.3, -0.25) is 9.44 Å². The molecule has 4 aromatic rings. The summed E-state index contributed by atoms with van der Waals surface area (Å²) < 4.78 is 58.0. The number of rotatable bonds is 8. The van der Waals surface area contributed by atoms with Crippen LogP contribution in [-0.4, -0.2) is 16.8 Å². The summed E-state index contributed by atoms with van der Waals surface area (Å²) >= 11 is 0. The van der Waals surface area contributed by atoms with Crippen LogP contribution in [-0.2, 0) is 32.9 Å². The fourth-order valence-electron chi connectivity index (χ4n) is 3.76. The molecule has 0 spiro atoms. The molecule has 0 atom stereocenters. The molecule has 4 rings (SSSR count). The molecule has 8 heteroatoms. The van der Waals surface area contributed by atoms with Crippen molar-refractivity contribution in [2.75, 3.05) is 9.44 Å². The zero-order valence-corrected chi connectivity index (χ0v) is 20.6. The normalized spacial score (nSPS) is 11.9. The highest BCUT2D eigenvalue weighted by Gasteiger charge is 2.22. The summed E-state index contributed by atoms with van der Waals surface area (Å²) in [6, 6.07) is 23.6. The van der Waals surface area contributed by atoms with E-state index in [1.54, 1.807) is 48.5 Å². The van der Waals surface area contributed by atoms with Gasteiger partial charge in [-0.2, -0.15) is 0 Å². The first kappa shape index (κ1) is 23.8. The first-order chi connectivity index (χ1) is 16.2. The lowest BCUT2D eigenvalue weighted by Crippen LogP contribution is -2.15. The van der Waals surface area contributed by atoms with Crippen molar-refractivity contribution in [3.05, 3.63) is 96.1 Å². The minimum Gasteiger partial charge on any atom is -0.280 e. The van der Waals surface area contributed by atoms with Crippen LogP contribution in [0.1, 0.15) is 25.0 Å². The van der Waals surface area contributed by atoms with Crippen LogP contribution < -0.4 is 9.44 Å². The van der Waals surface area contributed by atoms with Crippen molar-refractivity contribution in [1.82, 2.24) is 0 Å². The van der Waals surface area contributed by atoms with E-state index in [0.717, 1.165) is 24.0 Å². The number of fused-ring (bicyclic) bond motifs is 1. The molecule has 0 saturated heterocycles. The van der Waals surface area contributed by atoms with E-state index in [2.05, 4.69) is 9.44 Å². The quantitative estimate of drug-likeness (QED) is 0.335. The lowest BCUT2D eigenvalue weighted by atomic mass is 10.1. The molecule has 0 aliphatic heterocycles. The minimum atomic E-state index is -3.95. The molecule has 0 fully saturated rings. The van der Waals surface area contributed by atoms with Gasteiger partial charge < -0.3 is 0 Å². The molecule has 4 aromatic carbocycles. The van der Waals surface area contributed by atoms with E-state index in [4.69, 9.17) is 0 Å². The molecule has 0 amide bonds. The molecule has 0 aromatic heterocycles. The van der Waals surface area contributed by atoms with Gasteiger partial charge in [-0.15, -0.1) is 0 Å². The summed E-state index contributed by atoms with van der Waals surface area (Å²) in [6.07, 6.45) is 1.70. The third-order valence-electron chi connectivity index (χ3n) is 5.65. The molecule has 0 heterocycles. The average molecular weight is 495 g/mol. The monoisotopic (exact) mass is 494 g/mol. The number of aryl methyl sites for hydroxylation is 2. The Labute approximate surface area is 200 Å². The predicted molar refractivity (Wildman–Crippen MR) is 137 cm³/mol. The zero-order chi connectivity index (χ0) is 24.3. The molecule has 0 aliphatic rings. The number of benzene rings is 4. The highest BCUT2D eigenvalue weighted by Crippen LogP contribution is 2.30. The fourth-order valence-corrected chi connectivity index (χ4v) is 6.32. The van der Waals surface area contributed by atoms with Gasteiger partial charge in [0.2, 0.25) is 0 Å². The Morgan fingerprint density at radius 3 is 1.21 bits per heavy atom. The molecular weight excluding hydrogens is 468 g/mol.